The monoisotopic (exact) mass is 444 g/mol. The molecule has 0 saturated carbocycles. The molecule has 2 heterocycles. The second-order valence-electron chi connectivity index (χ2n) is 9.07. The van der Waals surface area contributed by atoms with Crippen LogP contribution in [0.25, 0.3) is 0 Å². The highest BCUT2D eigenvalue weighted by Gasteiger charge is 2.45. The molecular formula is C28H29FN2O2. The van der Waals surface area contributed by atoms with Crippen LogP contribution in [0.1, 0.15) is 33.8 Å². The van der Waals surface area contributed by atoms with Crippen molar-refractivity contribution in [3.8, 4) is 5.75 Å². The topological polar surface area (TPSA) is 32.8 Å². The Bertz CT molecular complexity index is 1090. The highest BCUT2D eigenvalue weighted by Crippen LogP contribution is 2.42. The normalized spacial score (nSPS) is 22.7. The van der Waals surface area contributed by atoms with Crippen LogP contribution in [0.3, 0.4) is 0 Å². The third-order valence-corrected chi connectivity index (χ3v) is 7.19. The number of piperidine rings is 1. The molecule has 0 spiro atoms. The molecule has 5 heteroatoms. The van der Waals surface area contributed by atoms with E-state index in [1.54, 1.807) is 19.2 Å². The molecule has 0 N–H and O–H groups in total. The predicted molar refractivity (Wildman–Crippen MR) is 127 cm³/mol. The molecule has 0 bridgehead atoms. The maximum Gasteiger partial charge on any atom is 0.253 e. The molecule has 2 fully saturated rings. The van der Waals surface area contributed by atoms with Crippen molar-refractivity contribution in [2.75, 3.05) is 26.7 Å². The lowest BCUT2D eigenvalue weighted by Crippen LogP contribution is -2.48. The smallest absolute Gasteiger partial charge is 0.253 e. The van der Waals surface area contributed by atoms with Gasteiger partial charge in [-0.25, -0.2) is 4.39 Å². The maximum absolute atomic E-state index is 13.3. The van der Waals surface area contributed by atoms with E-state index in [0.717, 1.165) is 31.8 Å². The molecule has 2 saturated heterocycles. The summed E-state index contributed by atoms with van der Waals surface area (Å²) in [7, 11) is 1.68. The number of halogens is 1. The Hall–Kier alpha value is -3.18. The van der Waals surface area contributed by atoms with Crippen molar-refractivity contribution in [3.05, 3.63) is 101 Å². The summed E-state index contributed by atoms with van der Waals surface area (Å²) in [6.07, 6.45) is 0.942. The average Bonchev–Trinajstić information content (AvgIpc) is 3.22. The summed E-state index contributed by atoms with van der Waals surface area (Å²) >= 11 is 0. The first kappa shape index (κ1) is 21.7. The fourth-order valence-corrected chi connectivity index (χ4v) is 5.50. The number of nitrogens with zero attached hydrogens (tertiary/aromatic N) is 2. The van der Waals surface area contributed by atoms with Gasteiger partial charge in [0.2, 0.25) is 0 Å². The van der Waals surface area contributed by atoms with Crippen LogP contribution in [-0.2, 0) is 6.54 Å². The van der Waals surface area contributed by atoms with Crippen molar-refractivity contribution < 1.29 is 13.9 Å². The molecule has 5 rings (SSSR count). The molecule has 0 unspecified atom stereocenters. The zero-order chi connectivity index (χ0) is 22.8. The number of hydrogen-bond acceptors (Lipinski definition) is 3. The van der Waals surface area contributed by atoms with Crippen molar-refractivity contribution in [1.29, 1.82) is 0 Å². The fraction of sp³-hybridized carbons (Fsp3) is 0.321. The number of ether oxygens (including phenoxy) is 1. The van der Waals surface area contributed by atoms with Crippen LogP contribution in [0.15, 0.2) is 78.9 Å². The standard InChI is InChI=1S/C28H29FN2O2/c1-33-24-13-9-21(10-14-24)25-18-31(17-20-5-3-2-4-6-20)27-15-16-30(19-26(25)27)28(32)22-7-11-23(29)12-8-22/h2-14,25-27H,15-19H2,1H3/t25-,26-,27-/m1/s1. The van der Waals surface area contributed by atoms with Crippen molar-refractivity contribution in [3.63, 3.8) is 0 Å². The first-order valence-corrected chi connectivity index (χ1v) is 11.6. The Labute approximate surface area is 194 Å². The number of carbonyl (C=O) groups is 1. The molecule has 170 valence electrons. The number of rotatable bonds is 5. The van der Waals surface area contributed by atoms with Crippen LogP contribution < -0.4 is 4.74 Å². The van der Waals surface area contributed by atoms with Gasteiger partial charge in [0.15, 0.2) is 0 Å². The quantitative estimate of drug-likeness (QED) is 0.557. The largest absolute Gasteiger partial charge is 0.497 e. The fourth-order valence-electron chi connectivity index (χ4n) is 5.50. The van der Waals surface area contributed by atoms with E-state index in [4.69, 9.17) is 4.74 Å². The van der Waals surface area contributed by atoms with E-state index in [1.165, 1.54) is 23.3 Å². The molecule has 2 aliphatic heterocycles. The summed E-state index contributed by atoms with van der Waals surface area (Å²) in [6.45, 7) is 3.32. The van der Waals surface area contributed by atoms with Gasteiger partial charge in [-0.3, -0.25) is 9.69 Å². The summed E-state index contributed by atoms with van der Waals surface area (Å²) < 4.78 is 18.7. The second-order valence-corrected chi connectivity index (χ2v) is 9.07. The number of benzene rings is 3. The van der Waals surface area contributed by atoms with Crippen molar-refractivity contribution >= 4 is 5.91 Å². The lowest BCUT2D eigenvalue weighted by Gasteiger charge is -2.39. The van der Waals surface area contributed by atoms with E-state index >= 15 is 0 Å². The highest BCUT2D eigenvalue weighted by atomic mass is 19.1. The third kappa shape index (κ3) is 4.51. The molecule has 0 aliphatic carbocycles. The zero-order valence-corrected chi connectivity index (χ0v) is 18.9. The SMILES string of the molecule is COc1ccc([C@H]2CN(Cc3ccccc3)[C@@H]3CCN(C(=O)c4ccc(F)cc4)C[C@H]23)cc1. The van der Waals surface area contributed by atoms with Gasteiger partial charge in [0, 0.05) is 49.6 Å². The highest BCUT2D eigenvalue weighted by molar-refractivity contribution is 5.94. The minimum atomic E-state index is -0.322. The number of hydrogen-bond donors (Lipinski definition) is 0. The lowest BCUT2D eigenvalue weighted by molar-refractivity contribution is 0.0584. The van der Waals surface area contributed by atoms with E-state index in [1.807, 2.05) is 17.0 Å². The summed E-state index contributed by atoms with van der Waals surface area (Å²) in [5.41, 5.74) is 3.16. The number of carbonyl (C=O) groups excluding carboxylic acids is 1. The number of fused-ring (bicyclic) bond motifs is 1. The average molecular weight is 445 g/mol. The van der Waals surface area contributed by atoms with E-state index in [2.05, 4.69) is 47.4 Å². The van der Waals surface area contributed by atoms with E-state index < -0.39 is 0 Å². The Morgan fingerprint density at radius 3 is 2.39 bits per heavy atom. The van der Waals surface area contributed by atoms with Crippen LogP contribution in [0.4, 0.5) is 4.39 Å². The number of likely N-dealkylation sites (tertiary alicyclic amines) is 2. The number of methoxy groups -OCH3 is 1. The first-order valence-electron chi connectivity index (χ1n) is 11.6. The van der Waals surface area contributed by atoms with Crippen LogP contribution in [0.2, 0.25) is 0 Å². The van der Waals surface area contributed by atoms with Gasteiger partial charge in [-0.05, 0) is 53.9 Å². The summed E-state index contributed by atoms with van der Waals surface area (Å²) in [5, 5.41) is 0. The molecule has 0 radical (unpaired) electrons. The summed E-state index contributed by atoms with van der Waals surface area (Å²) in [6, 6.07) is 25.3. The molecule has 2 aliphatic rings. The molecule has 4 nitrogen and oxygen atoms in total. The van der Waals surface area contributed by atoms with Crippen LogP contribution in [0.5, 0.6) is 5.75 Å². The molecule has 3 aromatic rings. The summed E-state index contributed by atoms with van der Waals surface area (Å²) in [4.78, 5) is 17.7. The molecule has 0 aromatic heterocycles. The Morgan fingerprint density at radius 2 is 1.70 bits per heavy atom. The first-order chi connectivity index (χ1) is 16.1. The Kier molecular flexibility index (Phi) is 6.14. The third-order valence-electron chi connectivity index (χ3n) is 7.19. The summed E-state index contributed by atoms with van der Waals surface area (Å²) in [5.74, 6) is 1.21. The molecule has 3 atom stereocenters. The molecule has 3 aromatic carbocycles. The van der Waals surface area contributed by atoms with E-state index in [0.29, 0.717) is 30.0 Å². The Balaban J connectivity index is 1.40. The van der Waals surface area contributed by atoms with E-state index in [-0.39, 0.29) is 11.7 Å². The van der Waals surface area contributed by atoms with Crippen LogP contribution >= 0.6 is 0 Å². The van der Waals surface area contributed by atoms with Crippen molar-refractivity contribution in [1.82, 2.24) is 9.80 Å². The van der Waals surface area contributed by atoms with Gasteiger partial charge >= 0.3 is 0 Å². The van der Waals surface area contributed by atoms with E-state index in [9.17, 15) is 9.18 Å². The van der Waals surface area contributed by atoms with Gasteiger partial charge in [0.1, 0.15) is 11.6 Å². The van der Waals surface area contributed by atoms with Gasteiger partial charge < -0.3 is 9.64 Å². The van der Waals surface area contributed by atoms with Gasteiger partial charge in [-0.2, -0.15) is 0 Å². The van der Waals surface area contributed by atoms with Crippen LogP contribution in [-0.4, -0.2) is 48.5 Å². The minimum Gasteiger partial charge on any atom is -0.497 e. The maximum atomic E-state index is 13.3. The minimum absolute atomic E-state index is 0.0107. The van der Waals surface area contributed by atoms with Gasteiger partial charge in [-0.15, -0.1) is 0 Å². The predicted octanol–water partition coefficient (Wildman–Crippen LogP) is 4.96. The molecular weight excluding hydrogens is 415 g/mol. The molecule has 1 amide bonds. The van der Waals surface area contributed by atoms with Gasteiger partial charge in [0.25, 0.3) is 5.91 Å². The van der Waals surface area contributed by atoms with Gasteiger partial charge in [0.05, 0.1) is 7.11 Å². The second kappa shape index (κ2) is 9.36. The van der Waals surface area contributed by atoms with Gasteiger partial charge in [-0.1, -0.05) is 42.5 Å². The lowest BCUT2D eigenvalue weighted by atomic mass is 9.81. The van der Waals surface area contributed by atoms with Crippen molar-refractivity contribution in [2.45, 2.75) is 24.9 Å². The Morgan fingerprint density at radius 1 is 0.970 bits per heavy atom. The zero-order valence-electron chi connectivity index (χ0n) is 18.9. The number of amides is 1. The van der Waals surface area contributed by atoms with Crippen LogP contribution in [0, 0.1) is 11.7 Å². The van der Waals surface area contributed by atoms with Crippen molar-refractivity contribution in [2.24, 2.45) is 5.92 Å². The molecule has 33 heavy (non-hydrogen) atoms.